The fourth-order valence-corrected chi connectivity index (χ4v) is 2.55. The second-order valence-corrected chi connectivity index (χ2v) is 5.40. The van der Waals surface area contributed by atoms with Crippen LogP contribution in [-0.2, 0) is 5.41 Å². The lowest BCUT2D eigenvalue weighted by molar-refractivity contribution is 0.704. The molecule has 1 aliphatic rings. The third-order valence-corrected chi connectivity index (χ3v) is 3.96. The average molecular weight is 269 g/mol. The van der Waals surface area contributed by atoms with Gasteiger partial charge in [-0.1, -0.05) is 6.07 Å². The molecule has 0 spiro atoms. The van der Waals surface area contributed by atoms with Gasteiger partial charge in [0.1, 0.15) is 0 Å². The maximum Gasteiger partial charge on any atom is 0.0508 e. The fourth-order valence-electron chi connectivity index (χ4n) is 1.95. The summed E-state index contributed by atoms with van der Waals surface area (Å²) < 4.78 is 1.14. The summed E-state index contributed by atoms with van der Waals surface area (Å²) in [5, 5.41) is 0. The van der Waals surface area contributed by atoms with Crippen molar-refractivity contribution < 1.29 is 0 Å². The monoisotopic (exact) mass is 268 g/mol. The highest BCUT2D eigenvalue weighted by Gasteiger charge is 2.42. The SMILES string of the molecule is CN(C)c1cc(C2(CN)CC2)ccc1Br. The summed E-state index contributed by atoms with van der Waals surface area (Å²) >= 11 is 3.57. The van der Waals surface area contributed by atoms with Crippen molar-refractivity contribution in [1.29, 1.82) is 0 Å². The molecule has 0 radical (unpaired) electrons. The van der Waals surface area contributed by atoms with E-state index in [9.17, 15) is 0 Å². The minimum Gasteiger partial charge on any atom is -0.377 e. The molecule has 0 unspecified atom stereocenters. The summed E-state index contributed by atoms with van der Waals surface area (Å²) in [6, 6.07) is 6.57. The second kappa shape index (κ2) is 3.80. The van der Waals surface area contributed by atoms with E-state index in [1.165, 1.54) is 24.1 Å². The highest BCUT2D eigenvalue weighted by atomic mass is 79.9. The molecule has 0 saturated heterocycles. The Kier molecular flexibility index (Phi) is 2.77. The van der Waals surface area contributed by atoms with Crippen LogP contribution < -0.4 is 10.6 Å². The summed E-state index contributed by atoms with van der Waals surface area (Å²) in [5.74, 6) is 0. The van der Waals surface area contributed by atoms with Gasteiger partial charge in [0.15, 0.2) is 0 Å². The van der Waals surface area contributed by atoms with Crippen LogP contribution in [0.4, 0.5) is 5.69 Å². The number of rotatable bonds is 3. The molecule has 15 heavy (non-hydrogen) atoms. The molecule has 0 atom stereocenters. The van der Waals surface area contributed by atoms with Crippen LogP contribution in [0.25, 0.3) is 0 Å². The molecule has 0 heterocycles. The maximum absolute atomic E-state index is 5.84. The number of hydrogen-bond donors (Lipinski definition) is 1. The van der Waals surface area contributed by atoms with Crippen molar-refractivity contribution in [2.75, 3.05) is 25.5 Å². The zero-order chi connectivity index (χ0) is 11.1. The van der Waals surface area contributed by atoms with Gasteiger partial charge in [0.05, 0.1) is 5.69 Å². The Balaban J connectivity index is 2.39. The van der Waals surface area contributed by atoms with Crippen molar-refractivity contribution in [2.24, 2.45) is 5.73 Å². The molecular weight excluding hydrogens is 252 g/mol. The van der Waals surface area contributed by atoms with Gasteiger partial charge >= 0.3 is 0 Å². The Morgan fingerprint density at radius 2 is 2.07 bits per heavy atom. The molecule has 0 aliphatic heterocycles. The van der Waals surface area contributed by atoms with E-state index in [0.29, 0.717) is 0 Å². The first-order valence-corrected chi connectivity index (χ1v) is 6.06. The van der Waals surface area contributed by atoms with Gasteiger partial charge in [0.25, 0.3) is 0 Å². The molecule has 1 fully saturated rings. The molecule has 82 valence electrons. The van der Waals surface area contributed by atoms with Crippen molar-refractivity contribution in [3.63, 3.8) is 0 Å². The van der Waals surface area contributed by atoms with Crippen LogP contribution in [0.1, 0.15) is 18.4 Å². The summed E-state index contributed by atoms with van der Waals surface area (Å²) in [5.41, 5.74) is 8.74. The maximum atomic E-state index is 5.84. The first kappa shape index (κ1) is 11.0. The predicted octanol–water partition coefficient (Wildman–Crippen LogP) is 2.51. The minimum absolute atomic E-state index is 0.283. The third kappa shape index (κ3) is 1.91. The van der Waals surface area contributed by atoms with E-state index in [1.54, 1.807) is 0 Å². The molecule has 1 aromatic carbocycles. The van der Waals surface area contributed by atoms with Crippen molar-refractivity contribution in [3.05, 3.63) is 28.2 Å². The molecule has 2 nitrogen and oxygen atoms in total. The quantitative estimate of drug-likeness (QED) is 0.913. The highest BCUT2D eigenvalue weighted by Crippen LogP contribution is 2.48. The van der Waals surface area contributed by atoms with Gasteiger partial charge in [-0.2, -0.15) is 0 Å². The van der Waals surface area contributed by atoms with E-state index < -0.39 is 0 Å². The molecule has 0 aromatic heterocycles. The van der Waals surface area contributed by atoms with Crippen molar-refractivity contribution in [1.82, 2.24) is 0 Å². The van der Waals surface area contributed by atoms with Crippen LogP contribution in [0.15, 0.2) is 22.7 Å². The van der Waals surface area contributed by atoms with Gasteiger partial charge in [-0.15, -0.1) is 0 Å². The standard InChI is InChI=1S/C12H17BrN2/c1-15(2)11-7-9(3-4-10(11)13)12(8-14)5-6-12/h3-4,7H,5-6,8,14H2,1-2H3. The normalized spacial score (nSPS) is 17.6. The molecule has 2 N–H and O–H groups in total. The van der Waals surface area contributed by atoms with E-state index >= 15 is 0 Å². The Morgan fingerprint density at radius 3 is 2.53 bits per heavy atom. The van der Waals surface area contributed by atoms with Gasteiger partial charge < -0.3 is 10.6 Å². The number of hydrogen-bond acceptors (Lipinski definition) is 2. The fraction of sp³-hybridized carbons (Fsp3) is 0.500. The smallest absolute Gasteiger partial charge is 0.0508 e. The van der Waals surface area contributed by atoms with Crippen LogP contribution in [-0.4, -0.2) is 20.6 Å². The number of benzene rings is 1. The van der Waals surface area contributed by atoms with Crippen LogP contribution >= 0.6 is 15.9 Å². The van der Waals surface area contributed by atoms with Crippen LogP contribution in [0.3, 0.4) is 0 Å². The van der Waals surface area contributed by atoms with Crippen molar-refractivity contribution in [3.8, 4) is 0 Å². The topological polar surface area (TPSA) is 29.3 Å². The summed E-state index contributed by atoms with van der Waals surface area (Å²) in [7, 11) is 4.12. The van der Waals surface area contributed by atoms with Crippen LogP contribution in [0, 0.1) is 0 Å². The first-order chi connectivity index (χ1) is 7.09. The molecule has 0 bridgehead atoms. The first-order valence-electron chi connectivity index (χ1n) is 5.26. The summed E-state index contributed by atoms with van der Waals surface area (Å²) in [6.45, 7) is 0.765. The third-order valence-electron chi connectivity index (χ3n) is 3.28. The summed E-state index contributed by atoms with van der Waals surface area (Å²) in [6.07, 6.45) is 2.47. The van der Waals surface area contributed by atoms with Crippen LogP contribution in [0.2, 0.25) is 0 Å². The van der Waals surface area contributed by atoms with Gasteiger partial charge in [-0.25, -0.2) is 0 Å². The Bertz CT molecular complexity index is 370. The Morgan fingerprint density at radius 1 is 1.40 bits per heavy atom. The van der Waals surface area contributed by atoms with E-state index in [4.69, 9.17) is 5.73 Å². The van der Waals surface area contributed by atoms with Gasteiger partial charge in [-0.3, -0.25) is 0 Å². The zero-order valence-corrected chi connectivity index (χ0v) is 10.8. The number of anilines is 1. The molecule has 1 aliphatic carbocycles. The van der Waals surface area contributed by atoms with E-state index in [2.05, 4.69) is 53.1 Å². The molecule has 3 heteroatoms. The largest absolute Gasteiger partial charge is 0.377 e. The number of nitrogens with two attached hydrogens (primary N) is 1. The molecule has 0 amide bonds. The van der Waals surface area contributed by atoms with Crippen molar-refractivity contribution >= 4 is 21.6 Å². The lowest BCUT2D eigenvalue weighted by Gasteiger charge is -2.19. The zero-order valence-electron chi connectivity index (χ0n) is 9.26. The van der Waals surface area contributed by atoms with E-state index in [1.807, 2.05) is 0 Å². The van der Waals surface area contributed by atoms with Crippen molar-refractivity contribution in [2.45, 2.75) is 18.3 Å². The number of nitrogens with zero attached hydrogens (tertiary/aromatic N) is 1. The van der Waals surface area contributed by atoms with E-state index in [-0.39, 0.29) is 5.41 Å². The lowest BCUT2D eigenvalue weighted by Crippen LogP contribution is -2.20. The number of halogens is 1. The van der Waals surface area contributed by atoms with Gasteiger partial charge in [-0.05, 0) is 46.5 Å². The Labute approximate surface area is 99.6 Å². The highest BCUT2D eigenvalue weighted by molar-refractivity contribution is 9.10. The average Bonchev–Trinajstić information content (AvgIpc) is 2.99. The molecular formula is C12H17BrN2. The summed E-state index contributed by atoms with van der Waals surface area (Å²) in [4.78, 5) is 2.13. The van der Waals surface area contributed by atoms with E-state index in [0.717, 1.165) is 11.0 Å². The lowest BCUT2D eigenvalue weighted by atomic mass is 9.96. The second-order valence-electron chi connectivity index (χ2n) is 4.55. The molecule has 2 rings (SSSR count). The molecule has 1 saturated carbocycles. The van der Waals surface area contributed by atoms with Crippen LogP contribution in [0.5, 0.6) is 0 Å². The molecule has 1 aromatic rings. The van der Waals surface area contributed by atoms with Gasteiger partial charge in [0, 0.05) is 30.5 Å². The Hall–Kier alpha value is -0.540. The van der Waals surface area contributed by atoms with Gasteiger partial charge in [0.2, 0.25) is 0 Å². The minimum atomic E-state index is 0.283. The predicted molar refractivity (Wildman–Crippen MR) is 68.4 cm³/mol.